The van der Waals surface area contributed by atoms with Gasteiger partial charge < -0.3 is 5.32 Å². The molecule has 0 saturated carbocycles. The first-order valence-electron chi connectivity index (χ1n) is 6.01. The van der Waals surface area contributed by atoms with Crippen LogP contribution in [-0.4, -0.2) is 34.2 Å². The molecular formula is C12H18N4O2. The zero-order valence-electron chi connectivity index (χ0n) is 11.1. The third-order valence-electron chi connectivity index (χ3n) is 3.10. The van der Waals surface area contributed by atoms with E-state index in [1.165, 1.54) is 4.90 Å². The van der Waals surface area contributed by atoms with Gasteiger partial charge in [-0.2, -0.15) is 5.10 Å². The zero-order chi connectivity index (χ0) is 13.4. The van der Waals surface area contributed by atoms with Crippen LogP contribution in [0.4, 0.5) is 5.69 Å². The van der Waals surface area contributed by atoms with Crippen molar-refractivity contribution in [3.8, 4) is 0 Å². The van der Waals surface area contributed by atoms with Crippen molar-refractivity contribution in [2.75, 3.05) is 11.4 Å². The van der Waals surface area contributed by atoms with Crippen LogP contribution >= 0.6 is 0 Å². The predicted molar refractivity (Wildman–Crippen MR) is 67.1 cm³/mol. The molecule has 1 unspecified atom stereocenters. The lowest BCUT2D eigenvalue weighted by Gasteiger charge is -2.33. The Bertz CT molecular complexity index is 492. The first-order valence-corrected chi connectivity index (χ1v) is 6.01. The molecule has 1 aromatic heterocycles. The number of carbonyl (C=O) groups excluding carboxylic acids is 2. The monoisotopic (exact) mass is 250 g/mol. The van der Waals surface area contributed by atoms with E-state index >= 15 is 0 Å². The molecule has 2 amide bonds. The highest BCUT2D eigenvalue weighted by atomic mass is 16.2. The van der Waals surface area contributed by atoms with Gasteiger partial charge in [0.2, 0.25) is 11.8 Å². The van der Waals surface area contributed by atoms with Crippen LogP contribution in [-0.2, 0) is 16.6 Å². The third kappa shape index (κ3) is 2.10. The van der Waals surface area contributed by atoms with Crippen LogP contribution < -0.4 is 10.2 Å². The predicted octanol–water partition coefficient (Wildman–Crippen LogP) is 0.216. The average molecular weight is 250 g/mol. The second kappa shape index (κ2) is 4.44. The lowest BCUT2D eigenvalue weighted by molar-refractivity contribution is -0.132. The van der Waals surface area contributed by atoms with Crippen molar-refractivity contribution in [1.29, 1.82) is 0 Å². The number of rotatable bonds is 2. The van der Waals surface area contributed by atoms with Gasteiger partial charge in [0, 0.05) is 13.2 Å². The molecular weight excluding hydrogens is 232 g/mol. The summed E-state index contributed by atoms with van der Waals surface area (Å²) in [5.41, 5.74) is 1.46. The molecule has 0 bridgehead atoms. The number of aryl methyl sites for hydroxylation is 2. The summed E-state index contributed by atoms with van der Waals surface area (Å²) in [6, 6.07) is -0.453. The Hall–Kier alpha value is -1.85. The van der Waals surface area contributed by atoms with Gasteiger partial charge in [-0.1, -0.05) is 13.8 Å². The van der Waals surface area contributed by atoms with Gasteiger partial charge >= 0.3 is 0 Å². The zero-order valence-corrected chi connectivity index (χ0v) is 11.1. The second-order valence-corrected chi connectivity index (χ2v) is 4.99. The molecule has 6 nitrogen and oxygen atoms in total. The van der Waals surface area contributed by atoms with E-state index in [0.29, 0.717) is 5.69 Å². The van der Waals surface area contributed by atoms with E-state index in [-0.39, 0.29) is 24.3 Å². The molecule has 2 heterocycles. The first kappa shape index (κ1) is 12.6. The number of piperazine rings is 1. The maximum atomic E-state index is 12.3. The highest BCUT2D eigenvalue weighted by Gasteiger charge is 2.36. The van der Waals surface area contributed by atoms with Gasteiger partial charge in [0.15, 0.2) is 0 Å². The van der Waals surface area contributed by atoms with Crippen molar-refractivity contribution >= 4 is 17.5 Å². The number of nitrogens with zero attached hydrogens (tertiary/aromatic N) is 3. The summed E-state index contributed by atoms with van der Waals surface area (Å²) < 4.78 is 1.65. The van der Waals surface area contributed by atoms with E-state index in [9.17, 15) is 9.59 Å². The summed E-state index contributed by atoms with van der Waals surface area (Å²) in [5.74, 6) is -0.126. The Morgan fingerprint density at radius 1 is 1.44 bits per heavy atom. The second-order valence-electron chi connectivity index (χ2n) is 4.99. The summed E-state index contributed by atoms with van der Waals surface area (Å²) in [4.78, 5) is 25.6. The van der Waals surface area contributed by atoms with Crippen LogP contribution in [0.15, 0.2) is 6.20 Å². The number of hydrogen-bond acceptors (Lipinski definition) is 3. The Balaban J connectivity index is 2.34. The van der Waals surface area contributed by atoms with Gasteiger partial charge in [0.25, 0.3) is 0 Å². The fourth-order valence-corrected chi connectivity index (χ4v) is 2.18. The van der Waals surface area contributed by atoms with Crippen molar-refractivity contribution in [2.45, 2.75) is 26.8 Å². The molecule has 6 heteroatoms. The summed E-state index contributed by atoms with van der Waals surface area (Å²) in [6.07, 6.45) is 1.77. The first-order chi connectivity index (χ1) is 8.40. The molecule has 1 aromatic rings. The molecule has 2 rings (SSSR count). The Labute approximate surface area is 106 Å². The van der Waals surface area contributed by atoms with Gasteiger partial charge in [0.1, 0.15) is 12.6 Å². The number of aromatic nitrogens is 2. The largest absolute Gasteiger partial charge is 0.342 e. The van der Waals surface area contributed by atoms with Crippen molar-refractivity contribution in [1.82, 2.24) is 15.1 Å². The molecule has 1 saturated heterocycles. The topological polar surface area (TPSA) is 67.2 Å². The molecule has 1 aliphatic heterocycles. The molecule has 0 spiro atoms. The quantitative estimate of drug-likeness (QED) is 0.816. The Morgan fingerprint density at radius 2 is 2.11 bits per heavy atom. The molecule has 0 aliphatic carbocycles. The average Bonchev–Trinajstić information content (AvgIpc) is 2.60. The Kier molecular flexibility index (Phi) is 3.11. The summed E-state index contributed by atoms with van der Waals surface area (Å²) >= 11 is 0. The van der Waals surface area contributed by atoms with Gasteiger partial charge in [0.05, 0.1) is 11.4 Å². The van der Waals surface area contributed by atoms with Crippen LogP contribution in [0.1, 0.15) is 19.5 Å². The summed E-state index contributed by atoms with van der Waals surface area (Å²) in [6.45, 7) is 5.74. The van der Waals surface area contributed by atoms with Crippen LogP contribution in [0.3, 0.4) is 0 Å². The summed E-state index contributed by atoms with van der Waals surface area (Å²) in [7, 11) is 1.80. The van der Waals surface area contributed by atoms with E-state index in [1.54, 1.807) is 17.9 Å². The van der Waals surface area contributed by atoms with E-state index in [1.807, 2.05) is 20.8 Å². The van der Waals surface area contributed by atoms with Crippen LogP contribution in [0.5, 0.6) is 0 Å². The fourth-order valence-electron chi connectivity index (χ4n) is 2.18. The number of anilines is 1. The lowest BCUT2D eigenvalue weighted by Crippen LogP contribution is -2.60. The lowest BCUT2D eigenvalue weighted by atomic mass is 10.0. The van der Waals surface area contributed by atoms with Gasteiger partial charge in [-0.3, -0.25) is 19.2 Å². The van der Waals surface area contributed by atoms with E-state index < -0.39 is 6.04 Å². The minimum Gasteiger partial charge on any atom is -0.342 e. The van der Waals surface area contributed by atoms with Crippen molar-refractivity contribution < 1.29 is 9.59 Å². The Morgan fingerprint density at radius 3 is 2.61 bits per heavy atom. The third-order valence-corrected chi connectivity index (χ3v) is 3.10. The minimum absolute atomic E-state index is 0.0641. The molecule has 1 atom stereocenters. The van der Waals surface area contributed by atoms with Crippen LogP contribution in [0.2, 0.25) is 0 Å². The molecule has 0 aromatic carbocycles. The number of nitrogens with one attached hydrogen (secondary N) is 1. The highest BCUT2D eigenvalue weighted by Crippen LogP contribution is 2.22. The molecule has 1 N–H and O–H groups in total. The molecule has 0 radical (unpaired) electrons. The van der Waals surface area contributed by atoms with Crippen LogP contribution in [0.25, 0.3) is 0 Å². The smallest absolute Gasteiger partial charge is 0.250 e. The SMILES string of the molecule is Cc1nn(C)cc1N1CC(=O)NC(C(C)C)C1=O. The van der Waals surface area contributed by atoms with Gasteiger partial charge in [-0.05, 0) is 12.8 Å². The van der Waals surface area contributed by atoms with Crippen molar-refractivity contribution in [2.24, 2.45) is 13.0 Å². The normalized spacial score (nSPS) is 20.5. The molecule has 1 fully saturated rings. The summed E-state index contributed by atoms with van der Waals surface area (Å²) in [5, 5.41) is 6.94. The number of carbonyl (C=O) groups is 2. The molecule has 98 valence electrons. The van der Waals surface area contributed by atoms with Gasteiger partial charge in [-0.15, -0.1) is 0 Å². The molecule has 1 aliphatic rings. The van der Waals surface area contributed by atoms with E-state index in [0.717, 1.165) is 5.69 Å². The highest BCUT2D eigenvalue weighted by molar-refractivity contribution is 6.06. The van der Waals surface area contributed by atoms with Crippen molar-refractivity contribution in [3.05, 3.63) is 11.9 Å². The van der Waals surface area contributed by atoms with Crippen LogP contribution in [0, 0.1) is 12.8 Å². The minimum atomic E-state index is -0.453. The van der Waals surface area contributed by atoms with E-state index in [2.05, 4.69) is 10.4 Å². The maximum Gasteiger partial charge on any atom is 0.250 e. The fraction of sp³-hybridized carbons (Fsp3) is 0.583. The van der Waals surface area contributed by atoms with Gasteiger partial charge in [-0.25, -0.2) is 0 Å². The maximum absolute atomic E-state index is 12.3. The number of hydrogen-bond donors (Lipinski definition) is 1. The molecule has 18 heavy (non-hydrogen) atoms. The van der Waals surface area contributed by atoms with Crippen molar-refractivity contribution in [3.63, 3.8) is 0 Å². The van der Waals surface area contributed by atoms with E-state index in [4.69, 9.17) is 0 Å². The number of amides is 2. The standard InChI is InChI=1S/C12H18N4O2/c1-7(2)11-12(18)16(6-10(17)13-11)9-5-15(4)14-8(9)3/h5,7,11H,6H2,1-4H3,(H,13,17).